The summed E-state index contributed by atoms with van der Waals surface area (Å²) in [4.78, 5) is 24.6. The summed E-state index contributed by atoms with van der Waals surface area (Å²) in [6, 6.07) is 6.03. The first-order valence-corrected chi connectivity index (χ1v) is 6.57. The number of amides is 2. The van der Waals surface area contributed by atoms with Crippen molar-refractivity contribution in [1.29, 1.82) is 0 Å². The van der Waals surface area contributed by atoms with Crippen LogP contribution in [0.3, 0.4) is 0 Å². The molecule has 4 heteroatoms. The molecule has 0 heterocycles. The van der Waals surface area contributed by atoms with Gasteiger partial charge in [-0.25, -0.2) is 0 Å². The number of anilines is 1. The molecule has 0 bridgehead atoms. The molecule has 0 saturated carbocycles. The molecule has 1 aromatic carbocycles. The van der Waals surface area contributed by atoms with Crippen molar-refractivity contribution in [3.63, 3.8) is 0 Å². The molecule has 19 heavy (non-hydrogen) atoms. The Morgan fingerprint density at radius 1 is 1.16 bits per heavy atom. The molecule has 0 atom stereocenters. The maximum Gasteiger partial charge on any atom is 0.223 e. The number of nitrogens with zero attached hydrogens (tertiary/aromatic N) is 1. The number of nitrogens with one attached hydrogen (secondary N) is 1. The van der Waals surface area contributed by atoms with Crippen molar-refractivity contribution in [2.24, 2.45) is 0 Å². The lowest BCUT2D eigenvalue weighted by molar-refractivity contribution is -0.121. The molecule has 104 valence electrons. The maximum atomic E-state index is 11.7. The van der Waals surface area contributed by atoms with Crippen LogP contribution in [0.5, 0.6) is 0 Å². The van der Waals surface area contributed by atoms with Crippen LogP contribution in [0.4, 0.5) is 5.69 Å². The zero-order valence-corrected chi connectivity index (χ0v) is 12.1. The van der Waals surface area contributed by atoms with E-state index in [1.165, 1.54) is 0 Å². The van der Waals surface area contributed by atoms with Gasteiger partial charge in [0.15, 0.2) is 0 Å². The second-order valence-corrected chi connectivity index (χ2v) is 4.72. The molecule has 0 radical (unpaired) electrons. The Balaban J connectivity index is 2.77. The molecule has 0 fully saturated rings. The number of carbonyl (C=O) groups is 2. The number of hydrogen-bond donors (Lipinski definition) is 1. The minimum Gasteiger partial charge on any atom is -0.354 e. The second-order valence-electron chi connectivity index (χ2n) is 4.72. The van der Waals surface area contributed by atoms with E-state index in [0.717, 1.165) is 16.8 Å². The lowest BCUT2D eigenvalue weighted by atomic mass is 10.1. The molecule has 0 aliphatic carbocycles. The van der Waals surface area contributed by atoms with E-state index < -0.39 is 0 Å². The smallest absolute Gasteiger partial charge is 0.223 e. The van der Waals surface area contributed by atoms with Crippen LogP contribution >= 0.6 is 0 Å². The minimum absolute atomic E-state index is 0.00363. The Hall–Kier alpha value is -1.84. The standard InChI is InChI=1S/C15H22N2O2/c1-5-15(19)16-6-7-17(13(4)18)14-9-11(2)8-12(3)10-14/h8-10H,5-7H2,1-4H3,(H,16,19). The van der Waals surface area contributed by atoms with Crippen molar-refractivity contribution in [1.82, 2.24) is 5.32 Å². The number of hydrogen-bond acceptors (Lipinski definition) is 2. The van der Waals surface area contributed by atoms with Crippen LogP contribution in [0, 0.1) is 13.8 Å². The topological polar surface area (TPSA) is 49.4 Å². The van der Waals surface area contributed by atoms with Gasteiger partial charge in [0.1, 0.15) is 0 Å². The zero-order chi connectivity index (χ0) is 14.4. The summed E-state index contributed by atoms with van der Waals surface area (Å²) in [5.41, 5.74) is 3.13. The molecule has 0 aromatic heterocycles. The highest BCUT2D eigenvalue weighted by atomic mass is 16.2. The van der Waals surface area contributed by atoms with Crippen molar-refractivity contribution < 1.29 is 9.59 Å². The van der Waals surface area contributed by atoms with E-state index in [-0.39, 0.29) is 11.8 Å². The van der Waals surface area contributed by atoms with Crippen molar-refractivity contribution in [2.75, 3.05) is 18.0 Å². The highest BCUT2D eigenvalue weighted by molar-refractivity contribution is 5.91. The molecule has 1 rings (SSSR count). The van der Waals surface area contributed by atoms with Crippen molar-refractivity contribution in [3.8, 4) is 0 Å². The summed E-state index contributed by atoms with van der Waals surface area (Å²) in [6.07, 6.45) is 0.462. The lowest BCUT2D eigenvalue weighted by Crippen LogP contribution is -2.37. The molecule has 0 spiro atoms. The van der Waals surface area contributed by atoms with Gasteiger partial charge < -0.3 is 10.2 Å². The first kappa shape index (κ1) is 15.2. The molecule has 0 unspecified atom stereocenters. The van der Waals surface area contributed by atoms with E-state index in [2.05, 4.69) is 11.4 Å². The van der Waals surface area contributed by atoms with Gasteiger partial charge in [0, 0.05) is 32.1 Å². The monoisotopic (exact) mass is 262 g/mol. The van der Waals surface area contributed by atoms with E-state index in [9.17, 15) is 9.59 Å². The third kappa shape index (κ3) is 4.73. The van der Waals surface area contributed by atoms with Crippen molar-refractivity contribution >= 4 is 17.5 Å². The van der Waals surface area contributed by atoms with Gasteiger partial charge in [-0.1, -0.05) is 13.0 Å². The maximum absolute atomic E-state index is 11.7. The van der Waals surface area contributed by atoms with Crippen molar-refractivity contribution in [2.45, 2.75) is 34.1 Å². The van der Waals surface area contributed by atoms with Crippen LogP contribution in [0.2, 0.25) is 0 Å². The fourth-order valence-corrected chi connectivity index (χ4v) is 2.01. The fraction of sp³-hybridized carbons (Fsp3) is 0.467. The Labute approximate surface area is 114 Å². The Morgan fingerprint density at radius 3 is 2.21 bits per heavy atom. The van der Waals surface area contributed by atoms with Crippen LogP contribution in [-0.4, -0.2) is 24.9 Å². The van der Waals surface area contributed by atoms with E-state index in [1.54, 1.807) is 11.8 Å². The molecule has 0 saturated heterocycles. The molecule has 0 aliphatic rings. The number of rotatable bonds is 5. The van der Waals surface area contributed by atoms with E-state index >= 15 is 0 Å². The Bertz CT molecular complexity index is 449. The molecule has 1 N–H and O–H groups in total. The third-order valence-corrected chi connectivity index (χ3v) is 2.88. The molecular weight excluding hydrogens is 240 g/mol. The average molecular weight is 262 g/mol. The summed E-state index contributed by atoms with van der Waals surface area (Å²) >= 11 is 0. The van der Waals surface area contributed by atoms with Crippen LogP contribution in [0.15, 0.2) is 18.2 Å². The summed E-state index contributed by atoms with van der Waals surface area (Å²) in [5.74, 6) is -0.0142. The molecular formula is C15H22N2O2. The van der Waals surface area contributed by atoms with E-state index in [0.29, 0.717) is 19.5 Å². The molecule has 0 aliphatic heterocycles. The van der Waals surface area contributed by atoms with Crippen LogP contribution < -0.4 is 10.2 Å². The average Bonchev–Trinajstić information content (AvgIpc) is 2.32. The minimum atomic E-state index is -0.0178. The second kappa shape index (κ2) is 6.92. The first-order chi connectivity index (χ1) is 8.93. The summed E-state index contributed by atoms with van der Waals surface area (Å²) < 4.78 is 0. The number of benzene rings is 1. The summed E-state index contributed by atoms with van der Waals surface area (Å²) in [5, 5.41) is 2.78. The van der Waals surface area contributed by atoms with Gasteiger partial charge in [-0.2, -0.15) is 0 Å². The molecule has 4 nitrogen and oxygen atoms in total. The number of carbonyl (C=O) groups excluding carboxylic acids is 2. The predicted molar refractivity (Wildman–Crippen MR) is 77.2 cm³/mol. The Morgan fingerprint density at radius 2 is 1.74 bits per heavy atom. The highest BCUT2D eigenvalue weighted by Crippen LogP contribution is 2.18. The highest BCUT2D eigenvalue weighted by Gasteiger charge is 2.12. The quantitative estimate of drug-likeness (QED) is 0.884. The van der Waals surface area contributed by atoms with Gasteiger partial charge in [0.2, 0.25) is 11.8 Å². The predicted octanol–water partition coefficient (Wildman–Crippen LogP) is 2.18. The third-order valence-electron chi connectivity index (χ3n) is 2.88. The zero-order valence-electron chi connectivity index (χ0n) is 12.1. The summed E-state index contributed by atoms with van der Waals surface area (Å²) in [7, 11) is 0. The van der Waals surface area contributed by atoms with Crippen molar-refractivity contribution in [3.05, 3.63) is 29.3 Å². The lowest BCUT2D eigenvalue weighted by Gasteiger charge is -2.22. The molecule has 2 amide bonds. The van der Waals surface area contributed by atoms with Gasteiger partial charge in [-0.15, -0.1) is 0 Å². The Kier molecular flexibility index (Phi) is 5.55. The van der Waals surface area contributed by atoms with Crippen LogP contribution in [0.1, 0.15) is 31.4 Å². The summed E-state index contributed by atoms with van der Waals surface area (Å²) in [6.45, 7) is 8.33. The van der Waals surface area contributed by atoms with Gasteiger partial charge >= 0.3 is 0 Å². The largest absolute Gasteiger partial charge is 0.354 e. The van der Waals surface area contributed by atoms with E-state index in [1.807, 2.05) is 32.9 Å². The normalized spacial score (nSPS) is 10.1. The first-order valence-electron chi connectivity index (χ1n) is 6.57. The van der Waals surface area contributed by atoms with Gasteiger partial charge in [0.05, 0.1) is 0 Å². The SMILES string of the molecule is CCC(=O)NCCN(C(C)=O)c1cc(C)cc(C)c1. The van der Waals surface area contributed by atoms with Crippen LogP contribution in [-0.2, 0) is 9.59 Å². The molecule has 1 aromatic rings. The van der Waals surface area contributed by atoms with Gasteiger partial charge in [-0.3, -0.25) is 9.59 Å². The van der Waals surface area contributed by atoms with Gasteiger partial charge in [0.25, 0.3) is 0 Å². The van der Waals surface area contributed by atoms with E-state index in [4.69, 9.17) is 0 Å². The number of aryl methyl sites for hydroxylation is 2. The fourth-order valence-electron chi connectivity index (χ4n) is 2.01. The van der Waals surface area contributed by atoms with Crippen LogP contribution in [0.25, 0.3) is 0 Å². The van der Waals surface area contributed by atoms with Gasteiger partial charge in [-0.05, 0) is 37.1 Å².